The van der Waals surface area contributed by atoms with E-state index in [1.807, 2.05) is 30.8 Å². The summed E-state index contributed by atoms with van der Waals surface area (Å²) in [5.74, 6) is 1.85. The van der Waals surface area contributed by atoms with Gasteiger partial charge in [-0.15, -0.1) is 0 Å². The Bertz CT molecular complexity index is 473. The second-order valence-corrected chi connectivity index (χ2v) is 3.53. The highest BCUT2D eigenvalue weighted by atomic mass is 15.1. The lowest BCUT2D eigenvalue weighted by atomic mass is 10.2. The Balaban J connectivity index is 2.50. The molecule has 0 amide bonds. The molecule has 0 aliphatic carbocycles. The van der Waals surface area contributed by atoms with Crippen LogP contribution >= 0.6 is 0 Å². The van der Waals surface area contributed by atoms with Crippen LogP contribution in [0.2, 0.25) is 0 Å². The van der Waals surface area contributed by atoms with E-state index in [4.69, 9.17) is 5.73 Å². The third-order valence-corrected chi connectivity index (χ3v) is 2.40. The molecule has 0 radical (unpaired) electrons. The van der Waals surface area contributed by atoms with Crippen LogP contribution in [-0.2, 0) is 6.54 Å². The average Bonchev–Trinajstić information content (AvgIpc) is 2.64. The van der Waals surface area contributed by atoms with E-state index in [-0.39, 0.29) is 0 Å². The van der Waals surface area contributed by atoms with Crippen LogP contribution in [0.25, 0.3) is 5.82 Å². The van der Waals surface area contributed by atoms with Gasteiger partial charge in [-0.2, -0.15) is 0 Å². The number of aryl methyl sites for hydroxylation is 2. The van der Waals surface area contributed by atoms with Gasteiger partial charge in [-0.25, -0.2) is 9.97 Å². The van der Waals surface area contributed by atoms with Crippen molar-refractivity contribution in [3.63, 3.8) is 0 Å². The molecule has 0 fully saturated rings. The monoisotopic (exact) mass is 202 g/mol. The largest absolute Gasteiger partial charge is 0.326 e. The summed E-state index contributed by atoms with van der Waals surface area (Å²) in [4.78, 5) is 8.57. The maximum Gasteiger partial charge on any atom is 0.140 e. The van der Waals surface area contributed by atoms with E-state index in [1.165, 1.54) is 0 Å². The zero-order valence-electron chi connectivity index (χ0n) is 8.94. The molecule has 15 heavy (non-hydrogen) atoms. The first-order valence-corrected chi connectivity index (χ1v) is 4.88. The number of rotatable bonds is 2. The minimum absolute atomic E-state index is 0.525. The average molecular weight is 202 g/mol. The predicted octanol–water partition coefficient (Wildman–Crippen LogP) is 1.34. The SMILES string of the molecule is Cc1cc(CN)cnc1-n1ccnc1C. The fraction of sp³-hybridized carbons (Fsp3) is 0.273. The molecule has 2 aromatic heterocycles. The molecule has 4 nitrogen and oxygen atoms in total. The number of nitrogens with zero attached hydrogens (tertiary/aromatic N) is 3. The number of nitrogens with two attached hydrogens (primary N) is 1. The Morgan fingerprint density at radius 2 is 2.13 bits per heavy atom. The van der Waals surface area contributed by atoms with Crippen LogP contribution in [0.3, 0.4) is 0 Å². The second kappa shape index (κ2) is 3.82. The smallest absolute Gasteiger partial charge is 0.140 e. The van der Waals surface area contributed by atoms with Crippen molar-refractivity contribution < 1.29 is 0 Å². The van der Waals surface area contributed by atoms with Gasteiger partial charge in [0.1, 0.15) is 11.6 Å². The van der Waals surface area contributed by atoms with Gasteiger partial charge in [-0.3, -0.25) is 4.57 Å². The van der Waals surface area contributed by atoms with Crippen molar-refractivity contribution in [2.75, 3.05) is 0 Å². The van der Waals surface area contributed by atoms with Gasteiger partial charge in [-0.1, -0.05) is 0 Å². The molecule has 2 N–H and O–H groups in total. The highest BCUT2D eigenvalue weighted by molar-refractivity contribution is 5.36. The van der Waals surface area contributed by atoms with Gasteiger partial charge in [0.2, 0.25) is 0 Å². The van der Waals surface area contributed by atoms with Crippen LogP contribution in [0.5, 0.6) is 0 Å². The normalized spacial score (nSPS) is 10.6. The Kier molecular flexibility index (Phi) is 2.51. The first kappa shape index (κ1) is 9.86. The molecule has 0 bridgehead atoms. The summed E-state index contributed by atoms with van der Waals surface area (Å²) in [6.07, 6.45) is 5.49. The highest BCUT2D eigenvalue weighted by Gasteiger charge is 2.05. The summed E-state index contributed by atoms with van der Waals surface area (Å²) in [6, 6.07) is 2.06. The van der Waals surface area contributed by atoms with E-state index in [0.717, 1.165) is 22.8 Å². The molecule has 0 spiro atoms. The first-order chi connectivity index (χ1) is 7.22. The van der Waals surface area contributed by atoms with Crippen molar-refractivity contribution in [3.8, 4) is 5.82 Å². The summed E-state index contributed by atoms with van der Waals surface area (Å²) < 4.78 is 1.97. The molecule has 0 aliphatic heterocycles. The van der Waals surface area contributed by atoms with Gasteiger partial charge in [0, 0.05) is 25.1 Å². The topological polar surface area (TPSA) is 56.7 Å². The number of pyridine rings is 1. The quantitative estimate of drug-likeness (QED) is 0.799. The fourth-order valence-corrected chi connectivity index (χ4v) is 1.59. The molecular formula is C11H14N4. The third-order valence-electron chi connectivity index (χ3n) is 2.40. The van der Waals surface area contributed by atoms with Crippen molar-refractivity contribution in [1.29, 1.82) is 0 Å². The van der Waals surface area contributed by atoms with Crippen LogP contribution in [0.1, 0.15) is 17.0 Å². The Labute approximate surface area is 88.8 Å². The van der Waals surface area contributed by atoms with Gasteiger partial charge in [0.25, 0.3) is 0 Å². The van der Waals surface area contributed by atoms with E-state index in [0.29, 0.717) is 6.54 Å². The number of aromatic nitrogens is 3. The standard InChI is InChI=1S/C11H14N4/c1-8-5-10(6-12)7-14-11(8)15-4-3-13-9(15)2/h3-5,7H,6,12H2,1-2H3. The zero-order valence-corrected chi connectivity index (χ0v) is 8.94. The predicted molar refractivity (Wildman–Crippen MR) is 58.7 cm³/mol. The summed E-state index contributed by atoms with van der Waals surface area (Å²) in [5, 5.41) is 0. The molecule has 0 saturated carbocycles. The van der Waals surface area contributed by atoms with Crippen molar-refractivity contribution in [2.24, 2.45) is 5.73 Å². The molecule has 2 rings (SSSR count). The van der Waals surface area contributed by atoms with Crippen LogP contribution < -0.4 is 5.73 Å². The van der Waals surface area contributed by atoms with E-state index in [1.54, 1.807) is 6.20 Å². The minimum Gasteiger partial charge on any atom is -0.326 e. The molecule has 0 saturated heterocycles. The maximum atomic E-state index is 5.56. The van der Waals surface area contributed by atoms with Crippen LogP contribution in [0.4, 0.5) is 0 Å². The van der Waals surface area contributed by atoms with Gasteiger partial charge in [-0.05, 0) is 31.0 Å². The minimum atomic E-state index is 0.525. The lowest BCUT2D eigenvalue weighted by Gasteiger charge is -2.08. The van der Waals surface area contributed by atoms with Crippen LogP contribution in [0.15, 0.2) is 24.7 Å². The van der Waals surface area contributed by atoms with E-state index in [2.05, 4.69) is 16.0 Å². The lowest BCUT2D eigenvalue weighted by Crippen LogP contribution is -2.04. The number of imidazole rings is 1. The van der Waals surface area contributed by atoms with E-state index >= 15 is 0 Å². The molecule has 0 aliphatic rings. The third kappa shape index (κ3) is 1.76. The van der Waals surface area contributed by atoms with Crippen molar-refractivity contribution >= 4 is 0 Å². The summed E-state index contributed by atoms with van der Waals surface area (Å²) in [5.41, 5.74) is 7.72. The molecule has 0 unspecified atom stereocenters. The Hall–Kier alpha value is -1.68. The summed E-state index contributed by atoms with van der Waals surface area (Å²) in [6.45, 7) is 4.51. The summed E-state index contributed by atoms with van der Waals surface area (Å²) >= 11 is 0. The fourth-order valence-electron chi connectivity index (χ4n) is 1.59. The Morgan fingerprint density at radius 1 is 1.33 bits per heavy atom. The van der Waals surface area contributed by atoms with Gasteiger partial charge < -0.3 is 5.73 Å². The number of hydrogen-bond donors (Lipinski definition) is 1. The molecule has 0 atom stereocenters. The van der Waals surface area contributed by atoms with Gasteiger partial charge in [0.05, 0.1) is 0 Å². The molecule has 2 aromatic rings. The second-order valence-electron chi connectivity index (χ2n) is 3.53. The Morgan fingerprint density at radius 3 is 2.67 bits per heavy atom. The molecule has 0 aromatic carbocycles. The molecule has 2 heterocycles. The van der Waals surface area contributed by atoms with Crippen molar-refractivity contribution in [3.05, 3.63) is 41.6 Å². The van der Waals surface area contributed by atoms with Crippen molar-refractivity contribution in [1.82, 2.24) is 14.5 Å². The lowest BCUT2D eigenvalue weighted by molar-refractivity contribution is 0.909. The zero-order chi connectivity index (χ0) is 10.8. The van der Waals surface area contributed by atoms with Gasteiger partial charge in [0.15, 0.2) is 0 Å². The number of hydrogen-bond acceptors (Lipinski definition) is 3. The van der Waals surface area contributed by atoms with Gasteiger partial charge >= 0.3 is 0 Å². The highest BCUT2D eigenvalue weighted by Crippen LogP contribution is 2.13. The maximum absolute atomic E-state index is 5.56. The van der Waals surface area contributed by atoms with E-state index < -0.39 is 0 Å². The molecule has 4 heteroatoms. The van der Waals surface area contributed by atoms with Crippen molar-refractivity contribution in [2.45, 2.75) is 20.4 Å². The van der Waals surface area contributed by atoms with Crippen LogP contribution in [0, 0.1) is 13.8 Å². The van der Waals surface area contributed by atoms with Crippen LogP contribution in [-0.4, -0.2) is 14.5 Å². The first-order valence-electron chi connectivity index (χ1n) is 4.88. The summed E-state index contributed by atoms with van der Waals surface area (Å²) in [7, 11) is 0. The van der Waals surface area contributed by atoms with E-state index in [9.17, 15) is 0 Å². The molecular weight excluding hydrogens is 188 g/mol. The molecule has 78 valence electrons.